The first-order chi connectivity index (χ1) is 7.13. The quantitative estimate of drug-likeness (QED) is 0.857. The minimum absolute atomic E-state index is 0.144. The Bertz CT molecular complexity index is 345. The van der Waals surface area contributed by atoms with Gasteiger partial charge in [0.15, 0.2) is 0 Å². The molecule has 1 N–H and O–H groups in total. The molecule has 0 saturated heterocycles. The van der Waals surface area contributed by atoms with Gasteiger partial charge in [-0.15, -0.1) is 0 Å². The zero-order chi connectivity index (χ0) is 12.6. The number of hydrogen-bond donors (Lipinski definition) is 1. The highest BCUT2D eigenvalue weighted by atomic mass is 16.3. The Kier molecular flexibility index (Phi) is 3.48. The van der Waals surface area contributed by atoms with Gasteiger partial charge < -0.3 is 5.11 Å². The SMILES string of the molecule is CC(C)n1ccc(CC(C)(O)C(C)(C)C)n1. The third-order valence-corrected chi connectivity index (χ3v) is 3.33. The van der Waals surface area contributed by atoms with Crippen molar-refractivity contribution in [3.05, 3.63) is 18.0 Å². The van der Waals surface area contributed by atoms with Crippen LogP contribution >= 0.6 is 0 Å². The van der Waals surface area contributed by atoms with Crippen molar-refractivity contribution in [2.45, 2.75) is 59.6 Å². The van der Waals surface area contributed by atoms with Gasteiger partial charge in [-0.2, -0.15) is 5.10 Å². The molecule has 92 valence electrons. The molecule has 1 aromatic heterocycles. The molecule has 0 spiro atoms. The summed E-state index contributed by atoms with van der Waals surface area (Å²) in [6.07, 6.45) is 2.56. The Labute approximate surface area is 98.5 Å². The van der Waals surface area contributed by atoms with E-state index in [1.807, 2.05) is 44.6 Å². The highest BCUT2D eigenvalue weighted by Gasteiger charge is 2.35. The summed E-state index contributed by atoms with van der Waals surface area (Å²) in [5.41, 5.74) is 0.0752. The molecule has 0 aliphatic heterocycles. The molecule has 0 fully saturated rings. The molecule has 0 aromatic carbocycles. The van der Waals surface area contributed by atoms with E-state index in [0.717, 1.165) is 5.69 Å². The molecule has 0 bridgehead atoms. The Morgan fingerprint density at radius 2 is 1.88 bits per heavy atom. The lowest BCUT2D eigenvalue weighted by atomic mass is 9.75. The second-order valence-electron chi connectivity index (χ2n) is 6.08. The van der Waals surface area contributed by atoms with Crippen LogP contribution in [0.5, 0.6) is 0 Å². The summed E-state index contributed by atoms with van der Waals surface area (Å²) in [4.78, 5) is 0. The average Bonchev–Trinajstić information content (AvgIpc) is 2.49. The fourth-order valence-corrected chi connectivity index (χ4v) is 1.38. The van der Waals surface area contributed by atoms with Gasteiger partial charge in [0.2, 0.25) is 0 Å². The van der Waals surface area contributed by atoms with Crippen LogP contribution in [0.15, 0.2) is 12.3 Å². The summed E-state index contributed by atoms with van der Waals surface area (Å²) in [7, 11) is 0. The van der Waals surface area contributed by atoms with Gasteiger partial charge in [0, 0.05) is 18.7 Å². The van der Waals surface area contributed by atoms with Gasteiger partial charge in [0.05, 0.1) is 11.3 Å². The summed E-state index contributed by atoms with van der Waals surface area (Å²) in [5.74, 6) is 0. The number of nitrogens with zero attached hydrogens (tertiary/aromatic N) is 2. The normalized spacial score (nSPS) is 16.5. The molecule has 0 aliphatic rings. The van der Waals surface area contributed by atoms with Gasteiger partial charge in [-0.25, -0.2) is 0 Å². The van der Waals surface area contributed by atoms with Crippen molar-refractivity contribution in [3.8, 4) is 0 Å². The van der Waals surface area contributed by atoms with Crippen LogP contribution in [0.25, 0.3) is 0 Å². The topological polar surface area (TPSA) is 38.0 Å². The molecule has 3 heteroatoms. The van der Waals surface area contributed by atoms with Gasteiger partial charge in [0.25, 0.3) is 0 Å². The van der Waals surface area contributed by atoms with E-state index in [1.165, 1.54) is 0 Å². The van der Waals surface area contributed by atoms with Crippen molar-refractivity contribution in [2.75, 3.05) is 0 Å². The predicted molar refractivity (Wildman–Crippen MR) is 66.4 cm³/mol. The van der Waals surface area contributed by atoms with Crippen molar-refractivity contribution < 1.29 is 5.11 Å². The van der Waals surface area contributed by atoms with Crippen LogP contribution in [0.4, 0.5) is 0 Å². The van der Waals surface area contributed by atoms with Gasteiger partial charge in [0.1, 0.15) is 0 Å². The monoisotopic (exact) mass is 224 g/mol. The van der Waals surface area contributed by atoms with Gasteiger partial charge in [-0.1, -0.05) is 20.8 Å². The summed E-state index contributed by atoms with van der Waals surface area (Å²) in [6, 6.07) is 2.36. The molecular weight excluding hydrogens is 200 g/mol. The minimum atomic E-state index is -0.733. The summed E-state index contributed by atoms with van der Waals surface area (Å²) in [5, 5.41) is 14.9. The summed E-state index contributed by atoms with van der Waals surface area (Å²) >= 11 is 0. The largest absolute Gasteiger partial charge is 0.389 e. The van der Waals surface area contributed by atoms with E-state index < -0.39 is 5.60 Å². The van der Waals surface area contributed by atoms with Crippen LogP contribution < -0.4 is 0 Å². The lowest BCUT2D eigenvalue weighted by Gasteiger charge is -2.36. The molecule has 0 saturated carbocycles. The molecule has 0 amide bonds. The van der Waals surface area contributed by atoms with Crippen LogP contribution in [0.2, 0.25) is 0 Å². The lowest BCUT2D eigenvalue weighted by Crippen LogP contribution is -2.41. The average molecular weight is 224 g/mol. The number of aromatic nitrogens is 2. The molecule has 1 heterocycles. The zero-order valence-corrected chi connectivity index (χ0v) is 11.3. The van der Waals surface area contributed by atoms with Crippen molar-refractivity contribution in [3.63, 3.8) is 0 Å². The van der Waals surface area contributed by atoms with Gasteiger partial charge in [-0.05, 0) is 32.3 Å². The molecule has 1 unspecified atom stereocenters. The smallest absolute Gasteiger partial charge is 0.0723 e. The molecule has 16 heavy (non-hydrogen) atoms. The van der Waals surface area contributed by atoms with Crippen molar-refractivity contribution in [1.29, 1.82) is 0 Å². The van der Waals surface area contributed by atoms with Crippen LogP contribution in [0.1, 0.15) is 53.3 Å². The maximum Gasteiger partial charge on any atom is 0.0723 e. The fraction of sp³-hybridized carbons (Fsp3) is 0.769. The Balaban J connectivity index is 2.81. The van der Waals surface area contributed by atoms with E-state index >= 15 is 0 Å². The number of rotatable bonds is 3. The van der Waals surface area contributed by atoms with Crippen LogP contribution in [-0.2, 0) is 6.42 Å². The summed E-state index contributed by atoms with van der Waals surface area (Å²) in [6.45, 7) is 12.2. The van der Waals surface area contributed by atoms with Crippen molar-refractivity contribution >= 4 is 0 Å². The van der Waals surface area contributed by atoms with E-state index in [4.69, 9.17) is 0 Å². The van der Waals surface area contributed by atoms with Gasteiger partial charge >= 0.3 is 0 Å². The molecule has 3 nitrogen and oxygen atoms in total. The minimum Gasteiger partial charge on any atom is -0.389 e. The van der Waals surface area contributed by atoms with E-state index in [-0.39, 0.29) is 5.41 Å². The Hall–Kier alpha value is -0.830. The van der Waals surface area contributed by atoms with Crippen molar-refractivity contribution in [2.24, 2.45) is 5.41 Å². The standard InChI is InChI=1S/C13H24N2O/c1-10(2)15-8-7-11(14-15)9-13(6,16)12(3,4)5/h7-8,10,16H,9H2,1-6H3. The molecular formula is C13H24N2O. The van der Waals surface area contributed by atoms with Crippen LogP contribution in [-0.4, -0.2) is 20.5 Å². The Morgan fingerprint density at radius 3 is 2.25 bits per heavy atom. The van der Waals surface area contributed by atoms with E-state index in [1.54, 1.807) is 0 Å². The van der Waals surface area contributed by atoms with E-state index in [9.17, 15) is 5.11 Å². The predicted octanol–water partition coefficient (Wildman–Crippen LogP) is 2.80. The highest BCUT2D eigenvalue weighted by Crippen LogP contribution is 2.32. The third kappa shape index (κ3) is 2.85. The van der Waals surface area contributed by atoms with Crippen LogP contribution in [0, 0.1) is 5.41 Å². The molecule has 1 aromatic rings. The molecule has 1 atom stereocenters. The maximum absolute atomic E-state index is 10.4. The second kappa shape index (κ2) is 4.21. The first-order valence-corrected chi connectivity index (χ1v) is 5.90. The van der Waals surface area contributed by atoms with E-state index in [2.05, 4.69) is 18.9 Å². The zero-order valence-electron chi connectivity index (χ0n) is 11.3. The maximum atomic E-state index is 10.4. The number of aliphatic hydroxyl groups is 1. The van der Waals surface area contributed by atoms with Gasteiger partial charge in [-0.3, -0.25) is 4.68 Å². The second-order valence-corrected chi connectivity index (χ2v) is 6.08. The fourth-order valence-electron chi connectivity index (χ4n) is 1.38. The molecule has 0 radical (unpaired) electrons. The van der Waals surface area contributed by atoms with E-state index in [0.29, 0.717) is 12.5 Å². The Morgan fingerprint density at radius 1 is 1.31 bits per heavy atom. The third-order valence-electron chi connectivity index (χ3n) is 3.33. The first kappa shape index (κ1) is 13.2. The summed E-state index contributed by atoms with van der Waals surface area (Å²) < 4.78 is 1.92. The lowest BCUT2D eigenvalue weighted by molar-refractivity contribution is -0.0413. The first-order valence-electron chi connectivity index (χ1n) is 5.90. The highest BCUT2D eigenvalue weighted by molar-refractivity contribution is 5.06. The van der Waals surface area contributed by atoms with Crippen LogP contribution in [0.3, 0.4) is 0 Å². The van der Waals surface area contributed by atoms with Crippen molar-refractivity contribution in [1.82, 2.24) is 9.78 Å². The molecule has 0 aliphatic carbocycles. The molecule has 1 rings (SSSR count). The number of hydrogen-bond acceptors (Lipinski definition) is 2.